The van der Waals surface area contributed by atoms with Crippen LogP contribution in [0.25, 0.3) is 0 Å². The number of halogens is 1. The SMILES string of the molecule is CCOc1ccc(NC(=O)CNC(=O)COCc2ccccc2Cl)cc1. The molecule has 0 heterocycles. The molecule has 0 saturated carbocycles. The van der Waals surface area contributed by atoms with E-state index in [2.05, 4.69) is 10.6 Å². The lowest BCUT2D eigenvalue weighted by Gasteiger charge is -2.09. The Hall–Kier alpha value is -2.57. The van der Waals surface area contributed by atoms with Crippen molar-refractivity contribution in [2.24, 2.45) is 0 Å². The quantitative estimate of drug-likeness (QED) is 0.705. The molecule has 0 fully saturated rings. The summed E-state index contributed by atoms with van der Waals surface area (Å²) in [6, 6.07) is 14.2. The van der Waals surface area contributed by atoms with E-state index in [0.717, 1.165) is 11.3 Å². The molecule has 6 nitrogen and oxygen atoms in total. The standard InChI is InChI=1S/C19H21ClN2O4/c1-2-26-16-9-7-15(8-10-16)22-18(23)11-21-19(24)13-25-12-14-5-3-4-6-17(14)20/h3-10H,2,11-13H2,1H3,(H,21,24)(H,22,23). The van der Waals surface area contributed by atoms with Gasteiger partial charge in [0.25, 0.3) is 0 Å². The molecule has 0 aromatic heterocycles. The fraction of sp³-hybridized carbons (Fsp3) is 0.263. The predicted octanol–water partition coefficient (Wildman–Crippen LogP) is 3.01. The molecular formula is C19H21ClN2O4. The molecule has 2 N–H and O–H groups in total. The fourth-order valence-corrected chi connectivity index (χ4v) is 2.30. The van der Waals surface area contributed by atoms with Gasteiger partial charge < -0.3 is 20.1 Å². The highest BCUT2D eigenvalue weighted by Crippen LogP contribution is 2.16. The van der Waals surface area contributed by atoms with Crippen LogP contribution in [-0.4, -0.2) is 31.6 Å². The minimum atomic E-state index is -0.376. The molecule has 0 bridgehead atoms. The number of nitrogens with one attached hydrogen (secondary N) is 2. The zero-order chi connectivity index (χ0) is 18.8. The van der Waals surface area contributed by atoms with Gasteiger partial charge in [-0.3, -0.25) is 9.59 Å². The summed E-state index contributed by atoms with van der Waals surface area (Å²) in [6.07, 6.45) is 0. The maximum absolute atomic E-state index is 11.9. The topological polar surface area (TPSA) is 76.7 Å². The Morgan fingerprint density at radius 3 is 2.46 bits per heavy atom. The maximum atomic E-state index is 11.9. The van der Waals surface area contributed by atoms with Crippen molar-refractivity contribution >= 4 is 29.1 Å². The van der Waals surface area contributed by atoms with Crippen LogP contribution in [0.4, 0.5) is 5.69 Å². The maximum Gasteiger partial charge on any atom is 0.246 e. The van der Waals surface area contributed by atoms with Gasteiger partial charge in [0.15, 0.2) is 0 Å². The van der Waals surface area contributed by atoms with Crippen molar-refractivity contribution in [2.45, 2.75) is 13.5 Å². The van der Waals surface area contributed by atoms with Crippen molar-refractivity contribution in [1.29, 1.82) is 0 Å². The van der Waals surface area contributed by atoms with Gasteiger partial charge in [0.1, 0.15) is 12.4 Å². The highest BCUT2D eigenvalue weighted by atomic mass is 35.5. The monoisotopic (exact) mass is 376 g/mol. The third-order valence-corrected chi connectivity index (χ3v) is 3.71. The number of rotatable bonds is 9. The number of amides is 2. The zero-order valence-electron chi connectivity index (χ0n) is 14.5. The molecular weight excluding hydrogens is 356 g/mol. The van der Waals surface area contributed by atoms with Gasteiger partial charge in [-0.15, -0.1) is 0 Å². The molecule has 2 rings (SSSR count). The molecule has 0 aliphatic rings. The summed E-state index contributed by atoms with van der Waals surface area (Å²) < 4.78 is 10.6. The lowest BCUT2D eigenvalue weighted by atomic mass is 10.2. The largest absolute Gasteiger partial charge is 0.494 e. The van der Waals surface area contributed by atoms with Gasteiger partial charge in [0.2, 0.25) is 11.8 Å². The van der Waals surface area contributed by atoms with Crippen molar-refractivity contribution in [2.75, 3.05) is 25.1 Å². The molecule has 0 aliphatic heterocycles. The average molecular weight is 377 g/mol. The Kier molecular flexibility index (Phi) is 7.92. The molecule has 0 saturated heterocycles. The average Bonchev–Trinajstić information content (AvgIpc) is 2.63. The molecule has 0 radical (unpaired) electrons. The van der Waals surface area contributed by atoms with E-state index in [4.69, 9.17) is 21.1 Å². The molecule has 138 valence electrons. The number of anilines is 1. The molecule has 7 heteroatoms. The molecule has 0 aliphatic carbocycles. The first-order chi connectivity index (χ1) is 12.6. The summed E-state index contributed by atoms with van der Waals surface area (Å²) in [5.74, 6) is 0.0296. The Morgan fingerprint density at radius 2 is 1.77 bits per heavy atom. The van der Waals surface area contributed by atoms with Crippen LogP contribution >= 0.6 is 11.6 Å². The number of carbonyl (C=O) groups excluding carboxylic acids is 2. The van der Waals surface area contributed by atoms with Crippen LogP contribution in [0.5, 0.6) is 5.75 Å². The van der Waals surface area contributed by atoms with Crippen LogP contribution in [0.2, 0.25) is 5.02 Å². The minimum Gasteiger partial charge on any atom is -0.494 e. The third-order valence-electron chi connectivity index (χ3n) is 3.34. The highest BCUT2D eigenvalue weighted by Gasteiger charge is 2.07. The summed E-state index contributed by atoms with van der Waals surface area (Å²) in [7, 11) is 0. The van der Waals surface area contributed by atoms with Gasteiger partial charge in [-0.05, 0) is 42.8 Å². The van der Waals surface area contributed by atoms with E-state index in [1.54, 1.807) is 30.3 Å². The van der Waals surface area contributed by atoms with Crippen LogP contribution in [0, 0.1) is 0 Å². The summed E-state index contributed by atoms with van der Waals surface area (Å²) in [6.45, 7) is 2.42. The van der Waals surface area contributed by atoms with E-state index in [-0.39, 0.29) is 31.6 Å². The van der Waals surface area contributed by atoms with Crippen molar-refractivity contribution in [3.63, 3.8) is 0 Å². The first-order valence-corrected chi connectivity index (χ1v) is 8.57. The zero-order valence-corrected chi connectivity index (χ0v) is 15.2. The Labute approximate surface area is 157 Å². The number of ether oxygens (including phenoxy) is 2. The van der Waals surface area contributed by atoms with Crippen LogP contribution in [-0.2, 0) is 20.9 Å². The van der Waals surface area contributed by atoms with E-state index in [1.165, 1.54) is 0 Å². The number of hydrogen-bond donors (Lipinski definition) is 2. The normalized spacial score (nSPS) is 10.2. The Balaban J connectivity index is 1.66. The van der Waals surface area contributed by atoms with E-state index in [1.807, 2.05) is 25.1 Å². The molecule has 0 spiro atoms. The number of benzene rings is 2. The van der Waals surface area contributed by atoms with Gasteiger partial charge >= 0.3 is 0 Å². The number of carbonyl (C=O) groups is 2. The molecule has 26 heavy (non-hydrogen) atoms. The molecule has 0 atom stereocenters. The van der Waals surface area contributed by atoms with E-state index < -0.39 is 0 Å². The number of hydrogen-bond acceptors (Lipinski definition) is 4. The van der Waals surface area contributed by atoms with Gasteiger partial charge in [-0.25, -0.2) is 0 Å². The van der Waals surface area contributed by atoms with E-state index >= 15 is 0 Å². The predicted molar refractivity (Wildman–Crippen MR) is 100 cm³/mol. The third kappa shape index (κ3) is 6.74. The molecule has 2 amide bonds. The minimum absolute atomic E-state index is 0.137. The Bertz CT molecular complexity index is 735. The first-order valence-electron chi connectivity index (χ1n) is 8.19. The van der Waals surface area contributed by atoms with Crippen molar-refractivity contribution in [1.82, 2.24) is 5.32 Å². The summed E-state index contributed by atoms with van der Waals surface area (Å²) >= 11 is 6.01. The first kappa shape index (κ1) is 19.8. The van der Waals surface area contributed by atoms with Crippen LogP contribution in [0.1, 0.15) is 12.5 Å². The lowest BCUT2D eigenvalue weighted by Crippen LogP contribution is -2.35. The van der Waals surface area contributed by atoms with Gasteiger partial charge in [0, 0.05) is 10.7 Å². The van der Waals surface area contributed by atoms with Crippen molar-refractivity contribution < 1.29 is 19.1 Å². The van der Waals surface area contributed by atoms with Gasteiger partial charge in [-0.1, -0.05) is 29.8 Å². The van der Waals surface area contributed by atoms with Crippen LogP contribution < -0.4 is 15.4 Å². The van der Waals surface area contributed by atoms with Crippen LogP contribution in [0.15, 0.2) is 48.5 Å². The second kappa shape index (κ2) is 10.4. The molecule has 2 aromatic rings. The second-order valence-corrected chi connectivity index (χ2v) is 5.77. The highest BCUT2D eigenvalue weighted by molar-refractivity contribution is 6.31. The molecule has 0 unspecified atom stereocenters. The van der Waals surface area contributed by atoms with E-state index in [9.17, 15) is 9.59 Å². The molecule has 2 aromatic carbocycles. The Morgan fingerprint density at radius 1 is 1.04 bits per heavy atom. The fourth-order valence-electron chi connectivity index (χ4n) is 2.11. The second-order valence-electron chi connectivity index (χ2n) is 5.37. The smallest absolute Gasteiger partial charge is 0.246 e. The lowest BCUT2D eigenvalue weighted by molar-refractivity contribution is -0.128. The van der Waals surface area contributed by atoms with Crippen LogP contribution in [0.3, 0.4) is 0 Å². The summed E-state index contributed by atoms with van der Waals surface area (Å²) in [5.41, 5.74) is 1.43. The van der Waals surface area contributed by atoms with Crippen molar-refractivity contribution in [3.05, 3.63) is 59.1 Å². The van der Waals surface area contributed by atoms with Crippen molar-refractivity contribution in [3.8, 4) is 5.75 Å². The van der Waals surface area contributed by atoms with E-state index in [0.29, 0.717) is 17.3 Å². The van der Waals surface area contributed by atoms with Gasteiger partial charge in [-0.2, -0.15) is 0 Å². The summed E-state index contributed by atoms with van der Waals surface area (Å²) in [5, 5.41) is 5.78. The summed E-state index contributed by atoms with van der Waals surface area (Å²) in [4.78, 5) is 23.6. The van der Waals surface area contributed by atoms with Gasteiger partial charge in [0.05, 0.1) is 19.8 Å².